The molecule has 1 aromatic heterocycles. The van der Waals surface area contributed by atoms with Crippen LogP contribution in [0.4, 0.5) is 5.95 Å². The minimum atomic E-state index is -0.179. The Morgan fingerprint density at radius 2 is 1.89 bits per heavy atom. The summed E-state index contributed by atoms with van der Waals surface area (Å²) in [5, 5.41) is 3.77. The van der Waals surface area contributed by atoms with Gasteiger partial charge in [0, 0.05) is 17.8 Å². The van der Waals surface area contributed by atoms with Gasteiger partial charge in [-0.3, -0.25) is 9.69 Å². The average molecular weight is 388 g/mol. The van der Waals surface area contributed by atoms with Gasteiger partial charge in [-0.2, -0.15) is 0 Å². The predicted octanol–water partition coefficient (Wildman–Crippen LogP) is 3.37. The number of halogens is 1. The van der Waals surface area contributed by atoms with Crippen LogP contribution in [0.2, 0.25) is 5.02 Å². The normalized spacial score (nSPS) is 16.5. The summed E-state index contributed by atoms with van der Waals surface area (Å²) >= 11 is 6.06. The Balaban J connectivity index is 1.76. The van der Waals surface area contributed by atoms with Crippen LogP contribution in [0.3, 0.4) is 0 Å². The molecule has 7 heteroatoms. The Labute approximate surface area is 165 Å². The third kappa shape index (κ3) is 5.17. The number of nitrogens with zero attached hydrogens (tertiary/aromatic N) is 3. The standard InChI is InChI=1S/C20H26ClN5O/c1-14-17(12-24-20(22)25-14)19(27)23-13-18(15-6-8-16(21)9-7-15)26-10-4-2-3-5-11-26/h6-9,12,18H,2-5,10-11,13H2,1H3,(H,23,27)(H2,22,24,25)/t18-/m0/s1. The maximum atomic E-state index is 12.6. The summed E-state index contributed by atoms with van der Waals surface area (Å²) in [4.78, 5) is 23.1. The number of anilines is 1. The highest BCUT2D eigenvalue weighted by Gasteiger charge is 2.23. The second-order valence-electron chi connectivity index (χ2n) is 6.95. The summed E-state index contributed by atoms with van der Waals surface area (Å²) in [5.74, 6) is -0.00561. The molecule has 1 fully saturated rings. The second kappa shape index (κ2) is 9.15. The number of likely N-dealkylation sites (tertiary alicyclic amines) is 1. The molecule has 0 spiro atoms. The molecular weight excluding hydrogens is 362 g/mol. The van der Waals surface area contributed by atoms with Gasteiger partial charge in [0.25, 0.3) is 5.91 Å². The quantitative estimate of drug-likeness (QED) is 0.821. The molecule has 6 nitrogen and oxygen atoms in total. The van der Waals surface area contributed by atoms with Crippen molar-refractivity contribution < 1.29 is 4.79 Å². The number of nitrogens with one attached hydrogen (secondary N) is 1. The molecule has 1 aromatic carbocycles. The van der Waals surface area contributed by atoms with Gasteiger partial charge in [-0.15, -0.1) is 0 Å². The molecule has 1 saturated heterocycles. The molecule has 27 heavy (non-hydrogen) atoms. The SMILES string of the molecule is Cc1nc(N)ncc1C(=O)NC[C@@H](c1ccc(Cl)cc1)N1CCCCCC1. The summed E-state index contributed by atoms with van der Waals surface area (Å²) in [6.07, 6.45) is 6.37. The van der Waals surface area contributed by atoms with Crippen molar-refractivity contribution in [3.63, 3.8) is 0 Å². The lowest BCUT2D eigenvalue weighted by atomic mass is 10.0. The molecule has 0 aliphatic carbocycles. The van der Waals surface area contributed by atoms with Gasteiger partial charge in [-0.05, 0) is 50.6 Å². The van der Waals surface area contributed by atoms with Gasteiger partial charge < -0.3 is 11.1 Å². The van der Waals surface area contributed by atoms with Crippen LogP contribution in [0, 0.1) is 6.92 Å². The fraction of sp³-hybridized carbons (Fsp3) is 0.450. The van der Waals surface area contributed by atoms with Gasteiger partial charge in [-0.1, -0.05) is 36.6 Å². The lowest BCUT2D eigenvalue weighted by Gasteiger charge is -2.31. The Morgan fingerprint density at radius 1 is 1.22 bits per heavy atom. The van der Waals surface area contributed by atoms with Crippen molar-refractivity contribution in [3.05, 3.63) is 52.3 Å². The monoisotopic (exact) mass is 387 g/mol. The number of amides is 1. The summed E-state index contributed by atoms with van der Waals surface area (Å²) in [6, 6.07) is 8.01. The van der Waals surface area contributed by atoms with Crippen LogP contribution in [0.5, 0.6) is 0 Å². The van der Waals surface area contributed by atoms with Crippen LogP contribution in [-0.2, 0) is 0 Å². The third-order valence-corrected chi connectivity index (χ3v) is 5.29. The van der Waals surface area contributed by atoms with Crippen LogP contribution in [0.1, 0.15) is 53.3 Å². The van der Waals surface area contributed by atoms with Gasteiger partial charge in [0.1, 0.15) is 0 Å². The van der Waals surface area contributed by atoms with Crippen molar-refractivity contribution in [1.82, 2.24) is 20.2 Å². The first-order chi connectivity index (χ1) is 13.0. The molecule has 1 aliphatic rings. The number of hydrogen-bond donors (Lipinski definition) is 2. The van der Waals surface area contributed by atoms with Crippen LogP contribution >= 0.6 is 11.6 Å². The van der Waals surface area contributed by atoms with E-state index in [9.17, 15) is 4.79 Å². The average Bonchev–Trinajstić information content (AvgIpc) is 2.92. The molecule has 0 saturated carbocycles. The molecule has 1 atom stereocenters. The first kappa shape index (κ1) is 19.6. The number of aryl methyl sites for hydroxylation is 1. The number of benzene rings is 1. The van der Waals surface area contributed by atoms with E-state index < -0.39 is 0 Å². The molecule has 1 amide bonds. The third-order valence-electron chi connectivity index (χ3n) is 5.03. The molecule has 2 heterocycles. The van der Waals surface area contributed by atoms with E-state index in [2.05, 4.69) is 20.2 Å². The van der Waals surface area contributed by atoms with Crippen molar-refractivity contribution in [2.75, 3.05) is 25.4 Å². The zero-order valence-electron chi connectivity index (χ0n) is 15.6. The van der Waals surface area contributed by atoms with Crippen LogP contribution < -0.4 is 11.1 Å². The highest BCUT2D eigenvalue weighted by atomic mass is 35.5. The molecule has 3 rings (SSSR count). The van der Waals surface area contributed by atoms with E-state index >= 15 is 0 Å². The minimum absolute atomic E-state index is 0.110. The Morgan fingerprint density at radius 3 is 2.52 bits per heavy atom. The number of carbonyl (C=O) groups is 1. The van der Waals surface area contributed by atoms with Gasteiger partial charge in [-0.25, -0.2) is 9.97 Å². The molecule has 3 N–H and O–H groups in total. The zero-order chi connectivity index (χ0) is 19.2. The zero-order valence-corrected chi connectivity index (χ0v) is 16.4. The molecule has 0 bridgehead atoms. The van der Waals surface area contributed by atoms with Gasteiger partial charge in [0.2, 0.25) is 5.95 Å². The first-order valence-electron chi connectivity index (χ1n) is 9.41. The van der Waals surface area contributed by atoms with E-state index in [1.807, 2.05) is 24.3 Å². The molecule has 144 valence electrons. The number of carbonyl (C=O) groups excluding carboxylic acids is 1. The number of rotatable bonds is 5. The molecule has 0 radical (unpaired) electrons. The number of nitrogens with two attached hydrogens (primary N) is 1. The van der Waals surface area contributed by atoms with Crippen molar-refractivity contribution in [2.24, 2.45) is 0 Å². The molecular formula is C20H26ClN5O. The second-order valence-corrected chi connectivity index (χ2v) is 7.39. The fourth-order valence-electron chi connectivity index (χ4n) is 3.54. The van der Waals surface area contributed by atoms with Crippen molar-refractivity contribution in [3.8, 4) is 0 Å². The van der Waals surface area contributed by atoms with Gasteiger partial charge in [0.15, 0.2) is 0 Å². The van der Waals surface area contributed by atoms with Gasteiger partial charge in [0.05, 0.1) is 17.3 Å². The van der Waals surface area contributed by atoms with Gasteiger partial charge >= 0.3 is 0 Å². The summed E-state index contributed by atoms with van der Waals surface area (Å²) < 4.78 is 0. The Hall–Kier alpha value is -2.18. The smallest absolute Gasteiger partial charge is 0.254 e. The maximum absolute atomic E-state index is 12.6. The highest BCUT2D eigenvalue weighted by molar-refractivity contribution is 6.30. The van der Waals surface area contributed by atoms with Crippen molar-refractivity contribution in [2.45, 2.75) is 38.6 Å². The molecule has 2 aromatic rings. The van der Waals surface area contributed by atoms with Crippen LogP contribution in [0.15, 0.2) is 30.5 Å². The van der Waals surface area contributed by atoms with Crippen LogP contribution in [-0.4, -0.2) is 40.4 Å². The fourth-order valence-corrected chi connectivity index (χ4v) is 3.67. The molecule has 1 aliphatic heterocycles. The highest BCUT2D eigenvalue weighted by Crippen LogP contribution is 2.25. The Bertz CT molecular complexity index is 772. The van der Waals surface area contributed by atoms with E-state index in [1.165, 1.54) is 31.9 Å². The maximum Gasteiger partial charge on any atom is 0.254 e. The number of aromatic nitrogens is 2. The predicted molar refractivity (Wildman–Crippen MR) is 108 cm³/mol. The number of nitrogen functional groups attached to an aromatic ring is 1. The van der Waals surface area contributed by atoms with E-state index in [-0.39, 0.29) is 17.9 Å². The summed E-state index contributed by atoms with van der Waals surface area (Å²) in [7, 11) is 0. The topological polar surface area (TPSA) is 84.1 Å². The lowest BCUT2D eigenvalue weighted by molar-refractivity contribution is 0.0932. The Kier molecular flexibility index (Phi) is 6.63. The van der Waals surface area contributed by atoms with Crippen LogP contribution in [0.25, 0.3) is 0 Å². The van der Waals surface area contributed by atoms with Crippen molar-refractivity contribution >= 4 is 23.5 Å². The molecule has 0 unspecified atom stereocenters. The number of hydrogen-bond acceptors (Lipinski definition) is 5. The first-order valence-corrected chi connectivity index (χ1v) is 9.79. The lowest BCUT2D eigenvalue weighted by Crippen LogP contribution is -2.39. The van der Waals surface area contributed by atoms with E-state index in [1.54, 1.807) is 6.92 Å². The van der Waals surface area contributed by atoms with E-state index in [0.717, 1.165) is 18.7 Å². The van der Waals surface area contributed by atoms with E-state index in [4.69, 9.17) is 17.3 Å². The summed E-state index contributed by atoms with van der Waals surface area (Å²) in [5.41, 5.74) is 7.77. The van der Waals surface area contributed by atoms with E-state index in [0.29, 0.717) is 22.8 Å². The largest absolute Gasteiger partial charge is 0.368 e. The summed E-state index contributed by atoms with van der Waals surface area (Å²) in [6.45, 7) is 4.35. The van der Waals surface area contributed by atoms with Crippen molar-refractivity contribution in [1.29, 1.82) is 0 Å². The minimum Gasteiger partial charge on any atom is -0.368 e.